The van der Waals surface area contributed by atoms with Crippen LogP contribution in [0.4, 0.5) is 17.1 Å². The van der Waals surface area contributed by atoms with Crippen molar-refractivity contribution in [3.63, 3.8) is 0 Å². The summed E-state index contributed by atoms with van der Waals surface area (Å²) >= 11 is 0. The molecule has 3 fully saturated rings. The Bertz CT molecular complexity index is 5670. The molecule has 125 heavy (non-hydrogen) atoms. The summed E-state index contributed by atoms with van der Waals surface area (Å²) in [5.41, 5.74) is 16.4. The summed E-state index contributed by atoms with van der Waals surface area (Å²) in [5.74, 6) is -1.34. The maximum Gasteiger partial charge on any atom is 0.335 e. The van der Waals surface area contributed by atoms with Gasteiger partial charge in [0.2, 0.25) is 11.8 Å². The van der Waals surface area contributed by atoms with E-state index in [2.05, 4.69) is 79.1 Å². The van der Waals surface area contributed by atoms with Crippen molar-refractivity contribution in [2.75, 3.05) is 95.2 Å². The molecule has 15 rings (SSSR count). The Kier molecular flexibility index (Phi) is 31.8. The SMILES string of the molecule is C=C1CCC(=O)N1OC(=O)CCOCCOCCn1cc(-c2ccc(NC(=O)c3ccn4c(C)cc(C)nc34)cc2)nn1.Cc1cc(C)n2ccc(C(=O)Nc3ccc(-c4cn(CCOCCOCCC(=O)NC5CCC5)nn4)cc3)c2n1.Cc1cc(C)n2ccc(C(=O)Nc3ccc(-c4cn(CCOCCOCCC(=O)NC5CCCCC5)nn4)cc3)c2n1. The zero-order valence-corrected chi connectivity index (χ0v) is 71.4. The second-order valence-electron chi connectivity index (χ2n) is 30.8. The van der Waals surface area contributed by atoms with E-state index in [1.165, 1.54) is 25.7 Å². The largest absolute Gasteiger partial charge is 0.379 e. The standard InChI is InChI=1S/C31H39N7O4.C30H33N7O6.C29H35N7O4/c1-22-20-23(2)38-14-12-27(30(38)32-22)31(40)34-26-10-8-24(9-11-26)28-21-37(36-35-28)15-17-42-19-18-41-16-13-29(39)33-25-6-4-3-5-7-25;1-20-18-22(3)36-12-10-25(29(36)31-20)30(40)32-24-7-5-23(6-8-24)26-19-35(34-33-26)13-15-42-17-16-41-14-11-28(39)43-37-21(2)4-9-27(37)38;1-20-18-21(2)36-12-10-25(28(36)30-20)29(38)32-24-8-6-22(7-9-24)26-19-35(34-33-26)13-15-40-17-16-39-14-11-27(37)31-23-4-3-5-23/h8-12,14,20-21,25H,3-7,13,15-19H2,1-2H3,(H,33,39)(H,34,40);5-8,10,12,18-19H,2,4,9,11,13-17H2,1,3H3,(H,32,40);6-10,12,18-19,23H,3-5,11,13-17H2,1-2H3,(H,31,37)(H,32,38). The molecular weight excluding hydrogens is 1600 g/mol. The third kappa shape index (κ3) is 25.6. The monoisotopic (exact) mass is 1710 g/mol. The van der Waals surface area contributed by atoms with E-state index in [1.54, 1.807) is 32.2 Å². The number of fused-ring (bicyclic) bond motifs is 3. The number of allylic oxidation sites excluding steroid dienone is 1. The first-order chi connectivity index (χ1) is 60.7. The summed E-state index contributed by atoms with van der Waals surface area (Å²) in [6, 6.07) is 34.3. The van der Waals surface area contributed by atoms with E-state index in [0.29, 0.717) is 192 Å². The lowest BCUT2D eigenvalue weighted by molar-refractivity contribution is -0.187. The Morgan fingerprint density at radius 1 is 0.400 bits per heavy atom. The van der Waals surface area contributed by atoms with Crippen LogP contribution in [-0.4, -0.2) is 211 Å². The summed E-state index contributed by atoms with van der Waals surface area (Å²) in [4.78, 5) is 105. The van der Waals surface area contributed by atoms with Crippen molar-refractivity contribution < 1.29 is 66.8 Å². The van der Waals surface area contributed by atoms with Crippen LogP contribution in [0, 0.1) is 41.5 Å². The maximum atomic E-state index is 12.9. The number of nitrogens with zero attached hydrogens (tertiary/aromatic N) is 16. The number of hydroxylamine groups is 2. The minimum atomic E-state index is -0.549. The van der Waals surface area contributed by atoms with Gasteiger partial charge in [-0.2, -0.15) is 0 Å². The van der Waals surface area contributed by atoms with E-state index < -0.39 is 5.97 Å². The molecule has 1 saturated heterocycles. The molecular formula is C90H107N21O14. The van der Waals surface area contributed by atoms with Gasteiger partial charge in [0.25, 0.3) is 23.6 Å². The zero-order valence-electron chi connectivity index (χ0n) is 71.4. The number of hydrogen-bond donors (Lipinski definition) is 5. The molecule has 3 aliphatic rings. The second-order valence-corrected chi connectivity index (χ2v) is 30.8. The van der Waals surface area contributed by atoms with Crippen LogP contribution in [0.25, 0.3) is 50.7 Å². The van der Waals surface area contributed by atoms with Gasteiger partial charge in [-0.1, -0.05) is 77.9 Å². The average molecular weight is 1710 g/mol. The zero-order chi connectivity index (χ0) is 87.6. The van der Waals surface area contributed by atoms with Gasteiger partial charge >= 0.3 is 5.97 Å². The van der Waals surface area contributed by atoms with Crippen LogP contribution < -0.4 is 26.6 Å². The third-order valence-corrected chi connectivity index (χ3v) is 21.2. The predicted octanol–water partition coefficient (Wildman–Crippen LogP) is 11.4. The Labute approximate surface area is 722 Å². The van der Waals surface area contributed by atoms with Crippen LogP contribution >= 0.6 is 0 Å². The maximum absolute atomic E-state index is 12.9. The summed E-state index contributed by atoms with van der Waals surface area (Å²) in [7, 11) is 0. The third-order valence-electron chi connectivity index (χ3n) is 21.2. The molecule has 6 amide bonds. The Morgan fingerprint density at radius 2 is 0.728 bits per heavy atom. The van der Waals surface area contributed by atoms with Crippen molar-refractivity contribution in [3.05, 3.63) is 210 Å². The molecule has 0 spiro atoms. The van der Waals surface area contributed by atoms with Crippen LogP contribution in [0.2, 0.25) is 0 Å². The molecule has 656 valence electrons. The molecule has 0 bridgehead atoms. The van der Waals surface area contributed by atoms with Gasteiger partial charge in [0.15, 0.2) is 0 Å². The average Bonchev–Trinajstić information content (AvgIpc) is 1.67. The molecule has 0 unspecified atom stereocenters. The number of amides is 6. The van der Waals surface area contributed by atoms with Crippen LogP contribution in [0.15, 0.2) is 159 Å². The fourth-order valence-electron chi connectivity index (χ4n) is 14.3. The van der Waals surface area contributed by atoms with Crippen molar-refractivity contribution >= 4 is 75.4 Å². The van der Waals surface area contributed by atoms with Crippen molar-refractivity contribution in [2.24, 2.45) is 0 Å². The van der Waals surface area contributed by atoms with E-state index >= 15 is 0 Å². The molecule has 5 N–H and O–H groups in total. The Balaban J connectivity index is 0.000000161. The number of carbonyl (C=O) groups excluding carboxylic acids is 7. The Hall–Kier alpha value is -13.1. The van der Waals surface area contributed by atoms with Crippen molar-refractivity contribution in [3.8, 4) is 33.8 Å². The molecule has 1 aliphatic heterocycles. The van der Waals surface area contributed by atoms with Gasteiger partial charge in [-0.05, 0) is 153 Å². The molecule has 35 nitrogen and oxygen atoms in total. The predicted molar refractivity (Wildman–Crippen MR) is 465 cm³/mol. The number of ether oxygens (including phenoxy) is 6. The number of carbonyl (C=O) groups is 7. The van der Waals surface area contributed by atoms with E-state index in [1.807, 2.05) is 183 Å². The quantitative estimate of drug-likeness (QED) is 0.0223. The normalized spacial score (nSPS) is 13.5. The summed E-state index contributed by atoms with van der Waals surface area (Å²) in [6.07, 6.45) is 21.9. The molecule has 12 aromatic rings. The minimum absolute atomic E-state index is 0.0214. The number of hydrogen-bond acceptors (Lipinski definition) is 23. The number of benzene rings is 3. The van der Waals surface area contributed by atoms with Crippen LogP contribution in [-0.2, 0) is 72.1 Å². The highest BCUT2D eigenvalue weighted by atomic mass is 16.7. The van der Waals surface area contributed by atoms with Gasteiger partial charge in [0.1, 0.15) is 34.0 Å². The van der Waals surface area contributed by atoms with Crippen LogP contribution in [0.5, 0.6) is 0 Å². The van der Waals surface area contributed by atoms with Gasteiger partial charge in [0, 0.05) is 118 Å². The van der Waals surface area contributed by atoms with Gasteiger partial charge in [0.05, 0.1) is 146 Å². The molecule has 35 heteroatoms. The fraction of sp³-hybridized carbons (Fsp3) is 0.400. The van der Waals surface area contributed by atoms with Crippen molar-refractivity contribution in [1.82, 2.24) is 88.8 Å². The molecule has 2 aliphatic carbocycles. The lowest BCUT2D eigenvalue weighted by Crippen LogP contribution is -2.39. The highest BCUT2D eigenvalue weighted by Gasteiger charge is 2.29. The number of rotatable bonds is 39. The van der Waals surface area contributed by atoms with Crippen LogP contribution in [0.1, 0.15) is 149 Å². The number of nitrogens with one attached hydrogen (secondary N) is 5. The first-order valence-electron chi connectivity index (χ1n) is 42.3. The molecule has 0 atom stereocenters. The summed E-state index contributed by atoms with van der Waals surface area (Å²) in [5, 5.41) is 41.2. The highest BCUT2D eigenvalue weighted by Crippen LogP contribution is 2.28. The number of aromatic nitrogens is 15. The summed E-state index contributed by atoms with van der Waals surface area (Å²) < 4.78 is 44.1. The molecule has 3 aromatic carbocycles. The van der Waals surface area contributed by atoms with E-state index in [0.717, 1.165) is 93.0 Å². The van der Waals surface area contributed by atoms with Gasteiger partial charge in [-0.3, -0.25) is 28.8 Å². The minimum Gasteiger partial charge on any atom is -0.379 e. The van der Waals surface area contributed by atoms with Crippen molar-refractivity contribution in [2.45, 2.75) is 157 Å². The van der Waals surface area contributed by atoms with E-state index in [9.17, 15) is 33.6 Å². The fourth-order valence-corrected chi connectivity index (χ4v) is 14.3. The van der Waals surface area contributed by atoms with Crippen LogP contribution in [0.3, 0.4) is 0 Å². The lowest BCUT2D eigenvalue weighted by Gasteiger charge is -2.26. The van der Waals surface area contributed by atoms with Crippen molar-refractivity contribution in [1.29, 1.82) is 0 Å². The first-order valence-corrected chi connectivity index (χ1v) is 42.3. The molecule has 0 radical (unpaired) electrons. The van der Waals surface area contributed by atoms with Gasteiger partial charge < -0.3 is 73.0 Å². The smallest absolute Gasteiger partial charge is 0.335 e. The lowest BCUT2D eigenvalue weighted by atomic mass is 9.93. The first kappa shape index (κ1) is 89.7. The van der Waals surface area contributed by atoms with Gasteiger partial charge in [-0.25, -0.2) is 33.8 Å². The summed E-state index contributed by atoms with van der Waals surface area (Å²) in [6.45, 7) is 21.8. The van der Waals surface area contributed by atoms with E-state index in [4.69, 9.17) is 33.3 Å². The van der Waals surface area contributed by atoms with Gasteiger partial charge in [-0.15, -0.1) is 20.4 Å². The Morgan fingerprint density at radius 3 is 1.05 bits per heavy atom. The molecule has 2 saturated carbocycles. The molecule has 10 heterocycles. The second kappa shape index (κ2) is 44.3. The molecule has 9 aromatic heterocycles. The van der Waals surface area contributed by atoms with E-state index in [-0.39, 0.29) is 48.5 Å². The highest BCUT2D eigenvalue weighted by molar-refractivity contribution is 6.10. The topological polar surface area (TPSA) is 392 Å². The number of aryl methyl sites for hydroxylation is 6. The number of anilines is 3.